The van der Waals surface area contributed by atoms with Crippen LogP contribution in [0.1, 0.15) is 0 Å². The third kappa shape index (κ3) is 1.77. The van der Waals surface area contributed by atoms with Gasteiger partial charge >= 0.3 is 6.03 Å². The second kappa shape index (κ2) is 3.97. The number of urea groups is 1. The third-order valence-electron chi connectivity index (χ3n) is 1.87. The van der Waals surface area contributed by atoms with Crippen molar-refractivity contribution in [2.24, 2.45) is 18.5 Å². The Morgan fingerprint density at radius 2 is 2.36 bits per heavy atom. The SMILES string of the molecule is Cn1ncc(N(CCN)C(N)=O)c1N. The molecule has 7 nitrogen and oxygen atoms in total. The lowest BCUT2D eigenvalue weighted by molar-refractivity contribution is 0.254. The first-order valence-electron chi connectivity index (χ1n) is 4.12. The Morgan fingerprint density at radius 1 is 1.71 bits per heavy atom. The molecule has 0 bridgehead atoms. The maximum atomic E-state index is 11.1. The topological polar surface area (TPSA) is 116 Å². The van der Waals surface area contributed by atoms with E-state index in [4.69, 9.17) is 17.2 Å². The van der Waals surface area contributed by atoms with Crippen LogP contribution in [0, 0.1) is 0 Å². The lowest BCUT2D eigenvalue weighted by Gasteiger charge is -2.18. The van der Waals surface area contributed by atoms with Gasteiger partial charge in [-0.15, -0.1) is 0 Å². The Labute approximate surface area is 81.4 Å². The molecule has 1 aromatic rings. The number of aromatic nitrogens is 2. The van der Waals surface area contributed by atoms with E-state index >= 15 is 0 Å². The first kappa shape index (κ1) is 10.3. The summed E-state index contributed by atoms with van der Waals surface area (Å²) in [4.78, 5) is 12.3. The minimum atomic E-state index is -0.588. The van der Waals surface area contributed by atoms with Crippen molar-refractivity contribution in [2.75, 3.05) is 23.7 Å². The molecule has 0 aliphatic carbocycles. The van der Waals surface area contributed by atoms with Crippen LogP contribution in [0.25, 0.3) is 0 Å². The summed E-state index contributed by atoms with van der Waals surface area (Å²) in [7, 11) is 1.68. The maximum Gasteiger partial charge on any atom is 0.319 e. The summed E-state index contributed by atoms with van der Waals surface area (Å²) in [5.41, 5.74) is 16.7. The van der Waals surface area contributed by atoms with Crippen molar-refractivity contribution in [3.63, 3.8) is 0 Å². The van der Waals surface area contributed by atoms with Crippen LogP contribution in [0.3, 0.4) is 0 Å². The van der Waals surface area contributed by atoms with Crippen molar-refractivity contribution in [1.82, 2.24) is 9.78 Å². The minimum absolute atomic E-state index is 0.317. The highest BCUT2D eigenvalue weighted by Gasteiger charge is 2.16. The van der Waals surface area contributed by atoms with Crippen LogP contribution in [0.5, 0.6) is 0 Å². The van der Waals surface area contributed by atoms with Crippen molar-refractivity contribution in [3.8, 4) is 0 Å². The number of nitrogen functional groups attached to an aromatic ring is 1. The van der Waals surface area contributed by atoms with Crippen LogP contribution < -0.4 is 22.1 Å². The van der Waals surface area contributed by atoms with E-state index in [1.165, 1.54) is 15.8 Å². The number of carbonyl (C=O) groups excluding carboxylic acids is 1. The first-order valence-corrected chi connectivity index (χ1v) is 4.12. The first-order chi connectivity index (χ1) is 6.57. The predicted molar refractivity (Wildman–Crippen MR) is 53.6 cm³/mol. The van der Waals surface area contributed by atoms with E-state index in [2.05, 4.69) is 5.10 Å². The molecule has 0 saturated carbocycles. The quantitative estimate of drug-likeness (QED) is 0.568. The molecule has 0 radical (unpaired) electrons. The van der Waals surface area contributed by atoms with Gasteiger partial charge in [0.15, 0.2) is 0 Å². The summed E-state index contributed by atoms with van der Waals surface area (Å²) in [5, 5.41) is 3.90. The molecule has 0 aliphatic rings. The number of hydrogen-bond donors (Lipinski definition) is 3. The zero-order chi connectivity index (χ0) is 10.7. The monoisotopic (exact) mass is 198 g/mol. The fourth-order valence-corrected chi connectivity index (χ4v) is 1.12. The Bertz CT molecular complexity index is 333. The smallest absolute Gasteiger partial charge is 0.319 e. The van der Waals surface area contributed by atoms with E-state index in [0.717, 1.165) is 0 Å². The summed E-state index contributed by atoms with van der Waals surface area (Å²) in [6, 6.07) is -0.588. The summed E-state index contributed by atoms with van der Waals surface area (Å²) >= 11 is 0. The molecule has 0 fully saturated rings. The zero-order valence-corrected chi connectivity index (χ0v) is 7.97. The predicted octanol–water partition coefficient (Wildman–Crippen LogP) is -1.15. The summed E-state index contributed by atoms with van der Waals surface area (Å²) in [5.74, 6) is 0.386. The van der Waals surface area contributed by atoms with Gasteiger partial charge in [-0.05, 0) is 0 Å². The molecule has 0 aromatic carbocycles. The third-order valence-corrected chi connectivity index (χ3v) is 1.87. The van der Waals surface area contributed by atoms with Gasteiger partial charge in [0.2, 0.25) is 0 Å². The molecule has 0 saturated heterocycles. The highest BCUT2D eigenvalue weighted by atomic mass is 16.2. The highest BCUT2D eigenvalue weighted by Crippen LogP contribution is 2.20. The lowest BCUT2D eigenvalue weighted by atomic mass is 10.4. The lowest BCUT2D eigenvalue weighted by Crippen LogP contribution is -2.39. The number of aryl methyl sites for hydroxylation is 1. The van der Waals surface area contributed by atoms with E-state index in [1.807, 2.05) is 0 Å². The van der Waals surface area contributed by atoms with Gasteiger partial charge in [0, 0.05) is 20.1 Å². The van der Waals surface area contributed by atoms with E-state index in [-0.39, 0.29) is 0 Å². The molecule has 6 N–H and O–H groups in total. The van der Waals surface area contributed by atoms with Gasteiger partial charge in [-0.2, -0.15) is 5.10 Å². The molecule has 1 heterocycles. The van der Waals surface area contributed by atoms with Gasteiger partial charge < -0.3 is 17.2 Å². The number of primary amides is 1. The van der Waals surface area contributed by atoms with Gasteiger partial charge in [-0.3, -0.25) is 9.58 Å². The largest absolute Gasteiger partial charge is 0.382 e. The average Bonchev–Trinajstić information content (AvgIpc) is 2.44. The molecule has 0 unspecified atom stereocenters. The van der Waals surface area contributed by atoms with Crippen LogP contribution in [-0.4, -0.2) is 28.9 Å². The fourth-order valence-electron chi connectivity index (χ4n) is 1.12. The molecule has 0 aliphatic heterocycles. The summed E-state index contributed by atoms with van der Waals surface area (Å²) < 4.78 is 1.46. The number of anilines is 2. The average molecular weight is 198 g/mol. The number of rotatable bonds is 3. The van der Waals surface area contributed by atoms with Gasteiger partial charge in [0.25, 0.3) is 0 Å². The molecule has 78 valence electrons. The Kier molecular flexibility index (Phi) is 2.92. The van der Waals surface area contributed by atoms with Crippen molar-refractivity contribution in [1.29, 1.82) is 0 Å². The molecule has 1 aromatic heterocycles. The fraction of sp³-hybridized carbons (Fsp3) is 0.429. The van der Waals surface area contributed by atoms with Crippen molar-refractivity contribution in [3.05, 3.63) is 6.20 Å². The standard InChI is InChI=1S/C7H14N6O/c1-12-6(9)5(4-11-12)13(3-2-8)7(10)14/h4H,2-3,8-9H2,1H3,(H2,10,14). The van der Waals surface area contributed by atoms with Crippen molar-refractivity contribution in [2.45, 2.75) is 0 Å². The summed E-state index contributed by atoms with van der Waals surface area (Å²) in [6.45, 7) is 0.641. The number of carbonyl (C=O) groups is 1. The molecule has 14 heavy (non-hydrogen) atoms. The van der Waals surface area contributed by atoms with Gasteiger partial charge in [-0.25, -0.2) is 4.79 Å². The second-order valence-corrected chi connectivity index (χ2v) is 2.82. The number of amides is 2. The van der Waals surface area contributed by atoms with Crippen LogP contribution in [0.15, 0.2) is 6.20 Å². The zero-order valence-electron chi connectivity index (χ0n) is 7.97. The van der Waals surface area contributed by atoms with E-state index in [1.54, 1.807) is 7.05 Å². The molecule has 1 rings (SSSR count). The van der Waals surface area contributed by atoms with Gasteiger partial charge in [-0.1, -0.05) is 0 Å². The van der Waals surface area contributed by atoms with E-state index in [0.29, 0.717) is 24.6 Å². The second-order valence-electron chi connectivity index (χ2n) is 2.82. The maximum absolute atomic E-state index is 11.1. The van der Waals surface area contributed by atoms with Crippen LogP contribution in [0.4, 0.5) is 16.3 Å². The van der Waals surface area contributed by atoms with Gasteiger partial charge in [0.1, 0.15) is 11.5 Å². The Balaban J connectivity index is 2.99. The Morgan fingerprint density at radius 3 is 2.71 bits per heavy atom. The molecular formula is C7H14N6O. The molecule has 2 amide bonds. The number of nitrogens with zero attached hydrogens (tertiary/aromatic N) is 3. The van der Waals surface area contributed by atoms with Crippen molar-refractivity contribution < 1.29 is 4.79 Å². The number of nitrogens with two attached hydrogens (primary N) is 3. The molecule has 7 heteroatoms. The molecule has 0 spiro atoms. The van der Waals surface area contributed by atoms with Gasteiger partial charge in [0.05, 0.1) is 6.20 Å². The van der Waals surface area contributed by atoms with Crippen LogP contribution >= 0.6 is 0 Å². The number of hydrogen-bond acceptors (Lipinski definition) is 4. The Hall–Kier alpha value is -1.76. The molecule has 0 atom stereocenters. The van der Waals surface area contributed by atoms with Crippen molar-refractivity contribution >= 4 is 17.5 Å². The highest BCUT2D eigenvalue weighted by molar-refractivity contribution is 5.93. The molecular weight excluding hydrogens is 184 g/mol. The summed E-state index contributed by atoms with van der Waals surface area (Å²) in [6.07, 6.45) is 1.48. The van der Waals surface area contributed by atoms with Crippen LogP contribution in [-0.2, 0) is 7.05 Å². The van der Waals surface area contributed by atoms with Crippen LogP contribution in [0.2, 0.25) is 0 Å². The normalized spacial score (nSPS) is 10.1. The van der Waals surface area contributed by atoms with E-state index < -0.39 is 6.03 Å². The van der Waals surface area contributed by atoms with E-state index in [9.17, 15) is 4.79 Å². The minimum Gasteiger partial charge on any atom is -0.382 e.